The standard InChI is InChI=1S/C20H21N5O/c26-18(12-15-6-4-10-21-13-15)25-11-5-9-17(14-25)20-22-19(23-24-20)16-7-2-1-3-8-16/h1-4,6-8,10,13,17H,5,9,11-12,14H2,(H,22,23,24). The first-order chi connectivity index (χ1) is 12.8. The van der Waals surface area contributed by atoms with E-state index in [-0.39, 0.29) is 11.8 Å². The van der Waals surface area contributed by atoms with E-state index in [1.807, 2.05) is 47.4 Å². The maximum Gasteiger partial charge on any atom is 0.227 e. The van der Waals surface area contributed by atoms with Gasteiger partial charge in [-0.1, -0.05) is 36.4 Å². The summed E-state index contributed by atoms with van der Waals surface area (Å²) in [6, 6.07) is 13.7. The first-order valence-corrected chi connectivity index (χ1v) is 8.94. The van der Waals surface area contributed by atoms with E-state index in [1.165, 1.54) is 0 Å². The number of carbonyl (C=O) groups excluding carboxylic acids is 1. The lowest BCUT2D eigenvalue weighted by Crippen LogP contribution is -2.40. The Bertz CT molecular complexity index is 862. The molecule has 6 nitrogen and oxygen atoms in total. The fourth-order valence-electron chi connectivity index (χ4n) is 3.39. The van der Waals surface area contributed by atoms with E-state index in [2.05, 4.69) is 20.2 Å². The molecular weight excluding hydrogens is 326 g/mol. The van der Waals surface area contributed by atoms with E-state index in [0.717, 1.165) is 36.3 Å². The van der Waals surface area contributed by atoms with Crippen molar-refractivity contribution in [3.05, 3.63) is 66.2 Å². The van der Waals surface area contributed by atoms with E-state index in [9.17, 15) is 4.79 Å². The van der Waals surface area contributed by atoms with Crippen molar-refractivity contribution >= 4 is 5.91 Å². The molecule has 26 heavy (non-hydrogen) atoms. The van der Waals surface area contributed by atoms with Crippen LogP contribution in [-0.4, -0.2) is 44.1 Å². The summed E-state index contributed by atoms with van der Waals surface area (Å²) in [7, 11) is 0. The summed E-state index contributed by atoms with van der Waals surface area (Å²) in [5, 5.41) is 7.43. The Hall–Kier alpha value is -3.02. The van der Waals surface area contributed by atoms with Crippen LogP contribution in [0.25, 0.3) is 11.4 Å². The summed E-state index contributed by atoms with van der Waals surface area (Å²) in [5.41, 5.74) is 1.95. The fraction of sp³-hybridized carbons (Fsp3) is 0.300. The van der Waals surface area contributed by atoms with Crippen molar-refractivity contribution in [2.75, 3.05) is 13.1 Å². The maximum absolute atomic E-state index is 12.6. The van der Waals surface area contributed by atoms with E-state index in [0.29, 0.717) is 18.8 Å². The van der Waals surface area contributed by atoms with E-state index in [1.54, 1.807) is 12.4 Å². The maximum atomic E-state index is 12.6. The molecular formula is C20H21N5O. The van der Waals surface area contributed by atoms with Crippen molar-refractivity contribution in [2.24, 2.45) is 0 Å². The van der Waals surface area contributed by atoms with Crippen molar-refractivity contribution < 1.29 is 4.79 Å². The van der Waals surface area contributed by atoms with E-state index >= 15 is 0 Å². The van der Waals surface area contributed by atoms with Crippen LogP contribution in [0.2, 0.25) is 0 Å². The average molecular weight is 347 g/mol. The molecule has 1 fully saturated rings. The monoisotopic (exact) mass is 347 g/mol. The molecule has 0 spiro atoms. The van der Waals surface area contributed by atoms with Gasteiger partial charge in [-0.15, -0.1) is 0 Å². The summed E-state index contributed by atoms with van der Waals surface area (Å²) in [6.07, 6.45) is 5.86. The van der Waals surface area contributed by atoms with Gasteiger partial charge in [0, 0.05) is 37.0 Å². The molecule has 4 rings (SSSR count). The topological polar surface area (TPSA) is 74.8 Å². The van der Waals surface area contributed by atoms with Crippen LogP contribution < -0.4 is 0 Å². The molecule has 1 saturated heterocycles. The number of H-pyrrole nitrogens is 1. The minimum absolute atomic E-state index is 0.144. The highest BCUT2D eigenvalue weighted by molar-refractivity contribution is 5.78. The van der Waals surface area contributed by atoms with Crippen LogP contribution in [0.15, 0.2) is 54.9 Å². The molecule has 1 aliphatic rings. The summed E-state index contributed by atoms with van der Waals surface area (Å²) in [6.45, 7) is 1.48. The number of nitrogens with zero attached hydrogens (tertiary/aromatic N) is 4. The molecule has 1 N–H and O–H groups in total. The molecule has 0 saturated carbocycles. The average Bonchev–Trinajstić information content (AvgIpc) is 3.20. The third kappa shape index (κ3) is 3.64. The van der Waals surface area contributed by atoms with Crippen molar-refractivity contribution in [1.29, 1.82) is 0 Å². The molecule has 132 valence electrons. The summed E-state index contributed by atoms with van der Waals surface area (Å²) >= 11 is 0. The predicted octanol–water partition coefficient (Wildman–Crippen LogP) is 2.82. The highest BCUT2D eigenvalue weighted by Gasteiger charge is 2.27. The molecule has 0 bridgehead atoms. The van der Waals surface area contributed by atoms with Gasteiger partial charge in [-0.25, -0.2) is 4.98 Å². The molecule has 6 heteroatoms. The van der Waals surface area contributed by atoms with E-state index in [4.69, 9.17) is 0 Å². The Morgan fingerprint density at radius 2 is 2.08 bits per heavy atom. The van der Waals surface area contributed by atoms with Crippen LogP contribution in [0, 0.1) is 0 Å². The number of amides is 1. The first kappa shape index (κ1) is 16.4. The Balaban J connectivity index is 1.44. The van der Waals surface area contributed by atoms with Gasteiger partial charge in [-0.05, 0) is 24.5 Å². The predicted molar refractivity (Wildman–Crippen MR) is 98.3 cm³/mol. The zero-order chi connectivity index (χ0) is 17.8. The van der Waals surface area contributed by atoms with Gasteiger partial charge in [0.25, 0.3) is 0 Å². The van der Waals surface area contributed by atoms with Gasteiger partial charge < -0.3 is 4.90 Å². The number of benzene rings is 1. The van der Waals surface area contributed by atoms with Crippen molar-refractivity contribution in [2.45, 2.75) is 25.2 Å². The summed E-state index contributed by atoms with van der Waals surface area (Å²) in [5.74, 6) is 1.92. The first-order valence-electron chi connectivity index (χ1n) is 8.94. The number of carbonyl (C=O) groups is 1. The lowest BCUT2D eigenvalue weighted by Gasteiger charge is -2.31. The Kier molecular flexibility index (Phi) is 4.73. The number of pyridine rings is 1. The number of aromatic amines is 1. The number of aromatic nitrogens is 4. The Morgan fingerprint density at radius 1 is 1.19 bits per heavy atom. The molecule has 0 aliphatic carbocycles. The van der Waals surface area contributed by atoms with Crippen LogP contribution in [0.1, 0.15) is 30.1 Å². The lowest BCUT2D eigenvalue weighted by molar-refractivity contribution is -0.131. The van der Waals surface area contributed by atoms with Crippen LogP contribution >= 0.6 is 0 Å². The third-order valence-electron chi connectivity index (χ3n) is 4.77. The minimum atomic E-state index is 0.144. The number of hydrogen-bond donors (Lipinski definition) is 1. The molecule has 2 aromatic heterocycles. The molecule has 1 aliphatic heterocycles. The van der Waals surface area contributed by atoms with Crippen molar-refractivity contribution in [1.82, 2.24) is 25.1 Å². The minimum Gasteiger partial charge on any atom is -0.342 e. The molecule has 3 heterocycles. The third-order valence-corrected chi connectivity index (χ3v) is 4.77. The lowest BCUT2D eigenvalue weighted by atomic mass is 9.97. The second-order valence-corrected chi connectivity index (χ2v) is 6.63. The second kappa shape index (κ2) is 7.47. The Labute approximate surface area is 152 Å². The van der Waals surface area contributed by atoms with Gasteiger partial charge >= 0.3 is 0 Å². The summed E-state index contributed by atoms with van der Waals surface area (Å²) in [4.78, 5) is 23.3. The number of hydrogen-bond acceptors (Lipinski definition) is 4. The van der Waals surface area contributed by atoms with Gasteiger partial charge in [0.15, 0.2) is 5.82 Å². The molecule has 1 unspecified atom stereocenters. The van der Waals surface area contributed by atoms with Crippen molar-refractivity contribution in [3.63, 3.8) is 0 Å². The summed E-state index contributed by atoms with van der Waals surface area (Å²) < 4.78 is 0. The molecule has 1 aromatic carbocycles. The number of nitrogens with one attached hydrogen (secondary N) is 1. The van der Waals surface area contributed by atoms with Gasteiger partial charge in [0.1, 0.15) is 5.82 Å². The number of likely N-dealkylation sites (tertiary alicyclic amines) is 1. The SMILES string of the molecule is O=C(Cc1cccnc1)N1CCCC(c2nc(-c3ccccc3)n[nH]2)C1. The zero-order valence-corrected chi connectivity index (χ0v) is 14.5. The van der Waals surface area contributed by atoms with Gasteiger partial charge in [-0.2, -0.15) is 5.10 Å². The molecule has 1 amide bonds. The Morgan fingerprint density at radius 3 is 2.88 bits per heavy atom. The smallest absolute Gasteiger partial charge is 0.227 e. The van der Waals surface area contributed by atoms with Gasteiger partial charge in [-0.3, -0.25) is 14.9 Å². The normalized spacial score (nSPS) is 17.2. The highest BCUT2D eigenvalue weighted by atomic mass is 16.2. The second-order valence-electron chi connectivity index (χ2n) is 6.63. The van der Waals surface area contributed by atoms with Crippen LogP contribution in [-0.2, 0) is 11.2 Å². The van der Waals surface area contributed by atoms with Crippen LogP contribution in [0.3, 0.4) is 0 Å². The molecule has 1 atom stereocenters. The molecule has 3 aromatic rings. The van der Waals surface area contributed by atoms with Crippen molar-refractivity contribution in [3.8, 4) is 11.4 Å². The number of rotatable bonds is 4. The highest BCUT2D eigenvalue weighted by Crippen LogP contribution is 2.26. The zero-order valence-electron chi connectivity index (χ0n) is 14.5. The fourth-order valence-corrected chi connectivity index (χ4v) is 3.39. The van der Waals surface area contributed by atoms with E-state index < -0.39 is 0 Å². The quantitative estimate of drug-likeness (QED) is 0.787. The van der Waals surface area contributed by atoms with Gasteiger partial charge in [0.2, 0.25) is 5.91 Å². The molecule has 0 radical (unpaired) electrons. The largest absolute Gasteiger partial charge is 0.342 e. The van der Waals surface area contributed by atoms with Crippen LogP contribution in [0.4, 0.5) is 0 Å². The number of piperidine rings is 1. The van der Waals surface area contributed by atoms with Gasteiger partial charge in [0.05, 0.1) is 6.42 Å². The van der Waals surface area contributed by atoms with Crippen LogP contribution in [0.5, 0.6) is 0 Å².